The van der Waals surface area contributed by atoms with E-state index in [0.717, 1.165) is 29.0 Å². The summed E-state index contributed by atoms with van der Waals surface area (Å²) >= 11 is 3.49. The molecule has 1 fully saturated rings. The van der Waals surface area contributed by atoms with Crippen molar-refractivity contribution >= 4 is 15.9 Å². The Morgan fingerprint density at radius 2 is 2.24 bits per heavy atom. The Morgan fingerprint density at radius 3 is 2.82 bits per heavy atom. The van der Waals surface area contributed by atoms with Gasteiger partial charge in [-0.2, -0.15) is 0 Å². The number of methoxy groups -OCH3 is 1. The van der Waals surface area contributed by atoms with Crippen molar-refractivity contribution in [1.82, 2.24) is 0 Å². The summed E-state index contributed by atoms with van der Waals surface area (Å²) in [5.41, 5.74) is 7.42. The van der Waals surface area contributed by atoms with Crippen LogP contribution in [0.4, 0.5) is 0 Å². The third-order valence-corrected chi connectivity index (χ3v) is 4.08. The summed E-state index contributed by atoms with van der Waals surface area (Å²) in [6.07, 6.45) is 6.17. The fourth-order valence-electron chi connectivity index (χ4n) is 2.43. The Hall–Kier alpha value is -0.540. The van der Waals surface area contributed by atoms with Crippen molar-refractivity contribution < 1.29 is 4.74 Å². The summed E-state index contributed by atoms with van der Waals surface area (Å²) in [4.78, 5) is 0. The van der Waals surface area contributed by atoms with Gasteiger partial charge in [0.1, 0.15) is 5.75 Å². The van der Waals surface area contributed by atoms with Gasteiger partial charge in [0.2, 0.25) is 0 Å². The molecule has 0 spiro atoms. The Balaban J connectivity index is 1.98. The Labute approximate surface area is 112 Å². The zero-order valence-electron chi connectivity index (χ0n) is 10.3. The number of halogens is 1. The average Bonchev–Trinajstić information content (AvgIpc) is 2.24. The molecule has 1 aliphatic rings. The van der Waals surface area contributed by atoms with E-state index in [-0.39, 0.29) is 6.04 Å². The number of hydrogen-bond donors (Lipinski definition) is 1. The molecule has 1 aromatic carbocycles. The van der Waals surface area contributed by atoms with Gasteiger partial charge in [0, 0.05) is 10.5 Å². The maximum atomic E-state index is 6.22. The molecule has 1 aliphatic carbocycles. The summed E-state index contributed by atoms with van der Waals surface area (Å²) < 4.78 is 6.46. The van der Waals surface area contributed by atoms with E-state index in [2.05, 4.69) is 22.0 Å². The summed E-state index contributed by atoms with van der Waals surface area (Å²) in [7, 11) is 1.71. The maximum Gasteiger partial charge on any atom is 0.122 e. The molecule has 17 heavy (non-hydrogen) atoms. The second kappa shape index (κ2) is 5.87. The van der Waals surface area contributed by atoms with E-state index in [1.165, 1.54) is 24.8 Å². The highest BCUT2D eigenvalue weighted by Crippen LogP contribution is 2.31. The van der Waals surface area contributed by atoms with Crippen molar-refractivity contribution in [2.75, 3.05) is 7.11 Å². The van der Waals surface area contributed by atoms with E-state index >= 15 is 0 Å². The number of benzene rings is 1. The molecular weight excluding hydrogens is 278 g/mol. The third kappa shape index (κ3) is 3.46. The van der Waals surface area contributed by atoms with Crippen LogP contribution < -0.4 is 10.5 Å². The normalized spacial score (nSPS) is 17.6. The zero-order valence-corrected chi connectivity index (χ0v) is 11.9. The number of hydrogen-bond acceptors (Lipinski definition) is 2. The molecule has 1 unspecified atom stereocenters. The molecule has 2 N–H and O–H groups in total. The lowest BCUT2D eigenvalue weighted by atomic mass is 9.80. The molecule has 2 rings (SSSR count). The van der Waals surface area contributed by atoms with E-state index in [1.54, 1.807) is 7.11 Å². The quantitative estimate of drug-likeness (QED) is 0.902. The van der Waals surface area contributed by atoms with Crippen LogP contribution >= 0.6 is 15.9 Å². The van der Waals surface area contributed by atoms with E-state index in [1.807, 2.05) is 12.1 Å². The lowest BCUT2D eigenvalue weighted by Crippen LogP contribution is -2.28. The van der Waals surface area contributed by atoms with Gasteiger partial charge in [-0.05, 0) is 42.5 Å². The molecule has 0 radical (unpaired) electrons. The predicted octanol–water partition coefficient (Wildman–Crippen LogP) is 3.52. The van der Waals surface area contributed by atoms with E-state index < -0.39 is 0 Å². The Bertz CT molecular complexity index is 376. The lowest BCUT2D eigenvalue weighted by molar-refractivity contribution is 0.275. The molecule has 1 atom stereocenters. The van der Waals surface area contributed by atoms with Gasteiger partial charge in [-0.3, -0.25) is 0 Å². The first-order valence-corrected chi connectivity index (χ1v) is 7.06. The van der Waals surface area contributed by atoms with Crippen LogP contribution in [-0.4, -0.2) is 13.2 Å². The van der Waals surface area contributed by atoms with Gasteiger partial charge in [0.15, 0.2) is 0 Å². The fraction of sp³-hybridized carbons (Fsp3) is 0.571. The average molecular weight is 298 g/mol. The van der Waals surface area contributed by atoms with Gasteiger partial charge in [-0.15, -0.1) is 0 Å². The fourth-order valence-corrected chi connectivity index (χ4v) is 2.84. The highest BCUT2D eigenvalue weighted by molar-refractivity contribution is 9.10. The van der Waals surface area contributed by atoms with Crippen molar-refractivity contribution in [3.63, 3.8) is 0 Å². The van der Waals surface area contributed by atoms with Gasteiger partial charge in [0.25, 0.3) is 0 Å². The summed E-state index contributed by atoms with van der Waals surface area (Å²) in [5, 5.41) is 0. The molecule has 0 aliphatic heterocycles. The Morgan fingerprint density at radius 1 is 1.47 bits per heavy atom. The number of rotatable bonds is 5. The minimum Gasteiger partial charge on any atom is -0.496 e. The van der Waals surface area contributed by atoms with E-state index in [9.17, 15) is 0 Å². The minimum atomic E-state index is 0.253. The number of ether oxygens (including phenoxy) is 1. The van der Waals surface area contributed by atoms with Crippen LogP contribution in [0.1, 0.15) is 31.2 Å². The Kier molecular flexibility index (Phi) is 4.46. The van der Waals surface area contributed by atoms with E-state index in [0.29, 0.717) is 0 Å². The smallest absolute Gasteiger partial charge is 0.122 e. The SMILES string of the molecule is COc1ccc(Br)cc1CC(N)CC1CCC1. The summed E-state index contributed by atoms with van der Waals surface area (Å²) in [5.74, 6) is 1.81. The maximum absolute atomic E-state index is 6.22. The van der Waals surface area contributed by atoms with Crippen LogP contribution in [0.2, 0.25) is 0 Å². The molecule has 1 aromatic rings. The van der Waals surface area contributed by atoms with Crippen molar-refractivity contribution in [2.45, 2.75) is 38.1 Å². The van der Waals surface area contributed by atoms with Crippen LogP contribution in [0, 0.1) is 5.92 Å². The van der Waals surface area contributed by atoms with Crippen LogP contribution in [0.25, 0.3) is 0 Å². The van der Waals surface area contributed by atoms with Crippen molar-refractivity contribution in [2.24, 2.45) is 11.7 Å². The first-order chi connectivity index (χ1) is 8.19. The van der Waals surface area contributed by atoms with Gasteiger partial charge in [-0.1, -0.05) is 35.2 Å². The monoisotopic (exact) mass is 297 g/mol. The molecule has 0 heterocycles. The van der Waals surface area contributed by atoms with Crippen molar-refractivity contribution in [3.8, 4) is 5.75 Å². The molecular formula is C14H20BrNO. The highest BCUT2D eigenvalue weighted by Gasteiger charge is 2.21. The van der Waals surface area contributed by atoms with E-state index in [4.69, 9.17) is 10.5 Å². The number of nitrogens with two attached hydrogens (primary N) is 1. The largest absolute Gasteiger partial charge is 0.496 e. The van der Waals surface area contributed by atoms with Crippen LogP contribution in [0.5, 0.6) is 5.75 Å². The summed E-state index contributed by atoms with van der Waals surface area (Å²) in [6, 6.07) is 6.36. The molecule has 1 saturated carbocycles. The second-order valence-electron chi connectivity index (χ2n) is 4.95. The van der Waals surface area contributed by atoms with Gasteiger partial charge < -0.3 is 10.5 Å². The molecule has 2 nitrogen and oxygen atoms in total. The predicted molar refractivity (Wildman–Crippen MR) is 74.3 cm³/mol. The van der Waals surface area contributed by atoms with Crippen LogP contribution in [0.3, 0.4) is 0 Å². The molecule has 0 aromatic heterocycles. The molecule has 94 valence electrons. The first kappa shape index (κ1) is 12.9. The summed E-state index contributed by atoms with van der Waals surface area (Å²) in [6.45, 7) is 0. The molecule has 3 heteroatoms. The topological polar surface area (TPSA) is 35.2 Å². The molecule has 0 bridgehead atoms. The first-order valence-electron chi connectivity index (χ1n) is 6.27. The van der Waals surface area contributed by atoms with Gasteiger partial charge >= 0.3 is 0 Å². The van der Waals surface area contributed by atoms with Crippen molar-refractivity contribution in [3.05, 3.63) is 28.2 Å². The van der Waals surface area contributed by atoms with Gasteiger partial charge in [-0.25, -0.2) is 0 Å². The second-order valence-corrected chi connectivity index (χ2v) is 5.87. The standard InChI is InChI=1S/C14H20BrNO/c1-17-14-6-5-12(15)8-11(14)9-13(16)7-10-3-2-4-10/h5-6,8,10,13H,2-4,7,9,16H2,1H3. The van der Waals surface area contributed by atoms with Crippen molar-refractivity contribution in [1.29, 1.82) is 0 Å². The highest BCUT2D eigenvalue weighted by atomic mass is 79.9. The molecule has 0 saturated heterocycles. The minimum absolute atomic E-state index is 0.253. The van der Waals surface area contributed by atoms with Crippen LogP contribution in [0.15, 0.2) is 22.7 Å². The molecule has 0 amide bonds. The lowest BCUT2D eigenvalue weighted by Gasteiger charge is -2.28. The zero-order chi connectivity index (χ0) is 12.3. The van der Waals surface area contributed by atoms with Gasteiger partial charge in [0.05, 0.1) is 7.11 Å². The van der Waals surface area contributed by atoms with Crippen LogP contribution in [-0.2, 0) is 6.42 Å². The third-order valence-electron chi connectivity index (χ3n) is 3.59.